The van der Waals surface area contributed by atoms with Gasteiger partial charge in [0.15, 0.2) is 17.1 Å². The molecule has 28 heavy (non-hydrogen) atoms. The lowest BCUT2D eigenvalue weighted by molar-refractivity contribution is -0.199. The van der Waals surface area contributed by atoms with E-state index in [1.165, 1.54) is 25.3 Å². The molecule has 1 aromatic carbocycles. The second kappa shape index (κ2) is 9.05. The highest BCUT2D eigenvalue weighted by atomic mass is 16.6. The lowest BCUT2D eigenvalue weighted by Gasteiger charge is -2.39. The fourth-order valence-electron chi connectivity index (χ4n) is 2.95. The van der Waals surface area contributed by atoms with Gasteiger partial charge in [0, 0.05) is 18.9 Å². The third-order valence-corrected chi connectivity index (χ3v) is 4.40. The van der Waals surface area contributed by atoms with Gasteiger partial charge in [0.05, 0.1) is 19.8 Å². The van der Waals surface area contributed by atoms with E-state index in [9.17, 15) is 30.0 Å². The van der Waals surface area contributed by atoms with Gasteiger partial charge in [-0.05, 0) is 30.7 Å². The van der Waals surface area contributed by atoms with Gasteiger partial charge in [-0.3, -0.25) is 0 Å². The molecule has 0 spiro atoms. The average molecular weight is 396 g/mol. The molecule has 0 radical (unpaired) electrons. The molecule has 1 aliphatic carbocycles. The molecule has 9 nitrogen and oxygen atoms in total. The number of aliphatic hydroxyl groups is 3. The minimum Gasteiger partial charge on any atom is -0.504 e. The Hall–Kier alpha value is -2.62. The van der Waals surface area contributed by atoms with E-state index in [4.69, 9.17) is 14.2 Å². The average Bonchev–Trinajstić information content (AvgIpc) is 2.65. The highest BCUT2D eigenvalue weighted by molar-refractivity contribution is 5.87. The first-order chi connectivity index (χ1) is 13.2. The maximum Gasteiger partial charge on any atom is 0.338 e. The SMILES string of the molecule is CCOC(=O)C1(O)CC(O)C(O)C(OC(=O)C=Cc2ccc(O)c(OC)c2)C1. The van der Waals surface area contributed by atoms with Gasteiger partial charge in [-0.15, -0.1) is 0 Å². The smallest absolute Gasteiger partial charge is 0.338 e. The van der Waals surface area contributed by atoms with Crippen molar-refractivity contribution in [3.8, 4) is 11.5 Å². The molecule has 0 heterocycles. The second-order valence-electron chi connectivity index (χ2n) is 6.46. The summed E-state index contributed by atoms with van der Waals surface area (Å²) in [4.78, 5) is 24.0. The first-order valence-corrected chi connectivity index (χ1v) is 8.71. The number of benzene rings is 1. The molecule has 0 aliphatic heterocycles. The van der Waals surface area contributed by atoms with Crippen LogP contribution in [0.1, 0.15) is 25.3 Å². The Morgan fingerprint density at radius 3 is 2.64 bits per heavy atom. The Morgan fingerprint density at radius 2 is 2.00 bits per heavy atom. The Morgan fingerprint density at radius 1 is 1.29 bits per heavy atom. The topological polar surface area (TPSA) is 143 Å². The summed E-state index contributed by atoms with van der Waals surface area (Å²) in [6.45, 7) is 1.60. The number of phenols is 1. The summed E-state index contributed by atoms with van der Waals surface area (Å²) in [6, 6.07) is 4.43. The molecule has 1 aromatic rings. The fourth-order valence-corrected chi connectivity index (χ4v) is 2.95. The van der Waals surface area contributed by atoms with Gasteiger partial charge in [-0.2, -0.15) is 0 Å². The molecule has 4 N–H and O–H groups in total. The zero-order chi connectivity index (χ0) is 20.9. The predicted octanol–water partition coefficient (Wildman–Crippen LogP) is 0.136. The second-order valence-corrected chi connectivity index (χ2v) is 6.46. The molecule has 4 atom stereocenters. The lowest BCUT2D eigenvalue weighted by atomic mass is 9.79. The number of methoxy groups -OCH3 is 1. The standard InChI is InChI=1S/C19H24O9/c1-3-27-18(24)19(25)9-13(21)17(23)15(10-19)28-16(22)7-5-11-4-6-12(20)14(8-11)26-2/h4-8,13,15,17,20-21,23,25H,3,9-10H2,1-2H3. The number of hydrogen-bond donors (Lipinski definition) is 4. The van der Waals surface area contributed by atoms with Crippen LogP contribution in [0, 0.1) is 0 Å². The molecule has 1 aliphatic rings. The summed E-state index contributed by atoms with van der Waals surface area (Å²) in [5, 5.41) is 40.0. The fraction of sp³-hybridized carbons (Fsp3) is 0.474. The van der Waals surface area contributed by atoms with Crippen LogP contribution in [0.25, 0.3) is 6.08 Å². The molecule has 0 saturated heterocycles. The summed E-state index contributed by atoms with van der Waals surface area (Å²) in [5.41, 5.74) is -1.52. The summed E-state index contributed by atoms with van der Waals surface area (Å²) in [6.07, 6.45) is -2.59. The van der Waals surface area contributed by atoms with E-state index < -0.39 is 48.7 Å². The molecular formula is C19H24O9. The van der Waals surface area contributed by atoms with Crippen molar-refractivity contribution in [2.24, 2.45) is 0 Å². The van der Waals surface area contributed by atoms with Crippen LogP contribution in [0.2, 0.25) is 0 Å². The third-order valence-electron chi connectivity index (χ3n) is 4.40. The highest BCUT2D eigenvalue weighted by Crippen LogP contribution is 2.32. The molecule has 9 heteroatoms. The Kier molecular flexibility index (Phi) is 7.00. The summed E-state index contributed by atoms with van der Waals surface area (Å²) < 4.78 is 14.9. The molecular weight excluding hydrogens is 372 g/mol. The van der Waals surface area contributed by atoms with E-state index >= 15 is 0 Å². The van der Waals surface area contributed by atoms with Crippen molar-refractivity contribution in [3.05, 3.63) is 29.8 Å². The number of phenolic OH excluding ortho intramolecular Hbond substituents is 1. The maximum atomic E-state index is 12.1. The van der Waals surface area contributed by atoms with Crippen LogP contribution in [0.15, 0.2) is 24.3 Å². The van der Waals surface area contributed by atoms with Gasteiger partial charge < -0.3 is 34.6 Å². The first-order valence-electron chi connectivity index (χ1n) is 8.71. The number of carbonyl (C=O) groups is 2. The van der Waals surface area contributed by atoms with Crippen molar-refractivity contribution in [1.82, 2.24) is 0 Å². The van der Waals surface area contributed by atoms with E-state index in [-0.39, 0.29) is 18.1 Å². The van der Waals surface area contributed by atoms with Gasteiger partial charge >= 0.3 is 11.9 Å². The van der Waals surface area contributed by atoms with Crippen molar-refractivity contribution >= 4 is 18.0 Å². The van der Waals surface area contributed by atoms with E-state index in [0.29, 0.717) is 5.56 Å². The molecule has 154 valence electrons. The quantitative estimate of drug-likeness (QED) is 0.390. The number of carbonyl (C=O) groups excluding carboxylic acids is 2. The van der Waals surface area contributed by atoms with Crippen molar-refractivity contribution in [2.45, 2.75) is 43.7 Å². The molecule has 2 rings (SSSR count). The largest absolute Gasteiger partial charge is 0.504 e. The van der Waals surface area contributed by atoms with Crippen LogP contribution < -0.4 is 4.74 Å². The number of aromatic hydroxyl groups is 1. The Bertz CT molecular complexity index is 745. The van der Waals surface area contributed by atoms with Crippen molar-refractivity contribution in [1.29, 1.82) is 0 Å². The van der Waals surface area contributed by atoms with Gasteiger partial charge in [0.2, 0.25) is 0 Å². The van der Waals surface area contributed by atoms with Crippen LogP contribution in [0.5, 0.6) is 11.5 Å². The summed E-state index contributed by atoms with van der Waals surface area (Å²) in [5.74, 6) is -1.63. The van der Waals surface area contributed by atoms with Crippen LogP contribution >= 0.6 is 0 Å². The number of esters is 2. The lowest BCUT2D eigenvalue weighted by Crippen LogP contribution is -2.57. The number of rotatable bonds is 6. The normalized spacial score (nSPS) is 27.4. The molecule has 4 unspecified atom stereocenters. The van der Waals surface area contributed by atoms with Gasteiger partial charge in [0.1, 0.15) is 12.2 Å². The minimum atomic E-state index is -2.06. The minimum absolute atomic E-state index is 0.0308. The number of hydrogen-bond acceptors (Lipinski definition) is 9. The zero-order valence-electron chi connectivity index (χ0n) is 15.6. The van der Waals surface area contributed by atoms with Gasteiger partial charge in [-0.1, -0.05) is 6.07 Å². The van der Waals surface area contributed by atoms with Crippen LogP contribution in [0.3, 0.4) is 0 Å². The monoisotopic (exact) mass is 396 g/mol. The third kappa shape index (κ3) is 5.00. The van der Waals surface area contributed by atoms with E-state index in [0.717, 1.165) is 6.08 Å². The van der Waals surface area contributed by atoms with Crippen molar-refractivity contribution in [2.75, 3.05) is 13.7 Å². The maximum absolute atomic E-state index is 12.1. The predicted molar refractivity (Wildman–Crippen MR) is 96.4 cm³/mol. The summed E-state index contributed by atoms with van der Waals surface area (Å²) in [7, 11) is 1.39. The van der Waals surface area contributed by atoms with Crippen LogP contribution in [0.4, 0.5) is 0 Å². The molecule has 1 saturated carbocycles. The van der Waals surface area contributed by atoms with E-state index in [1.807, 2.05) is 0 Å². The zero-order valence-corrected chi connectivity index (χ0v) is 15.6. The number of ether oxygens (including phenoxy) is 3. The molecule has 0 bridgehead atoms. The van der Waals surface area contributed by atoms with Crippen molar-refractivity contribution < 1.29 is 44.2 Å². The summed E-state index contributed by atoms with van der Waals surface area (Å²) >= 11 is 0. The van der Waals surface area contributed by atoms with Gasteiger partial charge in [-0.25, -0.2) is 9.59 Å². The molecule has 0 aromatic heterocycles. The first kappa shape index (κ1) is 21.7. The highest BCUT2D eigenvalue weighted by Gasteiger charge is 2.51. The molecule has 0 amide bonds. The molecule has 1 fully saturated rings. The van der Waals surface area contributed by atoms with Crippen molar-refractivity contribution in [3.63, 3.8) is 0 Å². The van der Waals surface area contributed by atoms with Gasteiger partial charge in [0.25, 0.3) is 0 Å². The number of aliphatic hydroxyl groups excluding tert-OH is 2. The van der Waals surface area contributed by atoms with Crippen LogP contribution in [-0.2, 0) is 19.1 Å². The Labute approximate surface area is 161 Å². The Balaban J connectivity index is 2.07. The van der Waals surface area contributed by atoms with E-state index in [1.54, 1.807) is 13.0 Å². The van der Waals surface area contributed by atoms with E-state index in [2.05, 4.69) is 0 Å². The van der Waals surface area contributed by atoms with Crippen LogP contribution in [-0.4, -0.2) is 70.0 Å².